The number of rotatable bonds is 2. The topological polar surface area (TPSA) is 83.5 Å². The highest BCUT2D eigenvalue weighted by molar-refractivity contribution is 7.89. The Labute approximate surface area is 158 Å². The third-order valence-electron chi connectivity index (χ3n) is 4.88. The molecule has 1 atom stereocenters. The maximum atomic E-state index is 12.9. The van der Waals surface area contributed by atoms with Gasteiger partial charge in [0.05, 0.1) is 17.3 Å². The van der Waals surface area contributed by atoms with Crippen LogP contribution in [-0.2, 0) is 16.2 Å². The van der Waals surface area contributed by atoms with Crippen LogP contribution in [0.25, 0.3) is 0 Å². The molecule has 1 fully saturated rings. The van der Waals surface area contributed by atoms with Crippen molar-refractivity contribution in [2.75, 3.05) is 19.6 Å². The average Bonchev–Trinajstić information content (AvgIpc) is 2.92. The lowest BCUT2D eigenvalue weighted by Crippen LogP contribution is -2.49. The fourth-order valence-corrected chi connectivity index (χ4v) is 4.85. The molecular formula is C17H15F3N4O3S. The summed E-state index contributed by atoms with van der Waals surface area (Å²) in [7, 11) is -4.06. The molecule has 2 aliphatic rings. The minimum atomic E-state index is -4.65. The minimum Gasteiger partial charge on any atom is -0.327 e. The summed E-state index contributed by atoms with van der Waals surface area (Å²) in [5.41, 5.74) is 0.521. The molecule has 11 heteroatoms. The lowest BCUT2D eigenvalue weighted by molar-refractivity contribution is -0.141. The third kappa shape index (κ3) is 2.94. The van der Waals surface area contributed by atoms with Crippen LogP contribution in [0.1, 0.15) is 33.5 Å². The number of carbonyl (C=O) groups excluding carboxylic acids is 1. The molecule has 148 valence electrons. The molecule has 0 N–H and O–H groups in total. The number of alkyl halides is 3. The quantitative estimate of drug-likeness (QED) is 0.754. The molecule has 4 rings (SSSR count). The zero-order chi connectivity index (χ0) is 20.3. The van der Waals surface area contributed by atoms with Gasteiger partial charge >= 0.3 is 6.18 Å². The Hall–Kier alpha value is -2.53. The number of carbonyl (C=O) groups is 1. The van der Waals surface area contributed by atoms with Gasteiger partial charge < -0.3 is 4.90 Å². The molecule has 0 spiro atoms. The number of aryl methyl sites for hydroxylation is 1. The van der Waals surface area contributed by atoms with E-state index in [1.54, 1.807) is 24.0 Å². The highest BCUT2D eigenvalue weighted by atomic mass is 32.2. The van der Waals surface area contributed by atoms with Crippen molar-refractivity contribution in [3.63, 3.8) is 0 Å². The summed E-state index contributed by atoms with van der Waals surface area (Å²) in [5.74, 6) is -0.194. The molecule has 2 aromatic heterocycles. The molecule has 7 nitrogen and oxygen atoms in total. The van der Waals surface area contributed by atoms with E-state index < -0.39 is 27.9 Å². The Kier molecular flexibility index (Phi) is 4.19. The second-order valence-electron chi connectivity index (χ2n) is 6.64. The van der Waals surface area contributed by atoms with Crippen molar-refractivity contribution in [2.24, 2.45) is 0 Å². The number of hydrogen-bond donors (Lipinski definition) is 0. The summed E-state index contributed by atoms with van der Waals surface area (Å²) in [6.07, 6.45) is -3.94. The van der Waals surface area contributed by atoms with E-state index in [9.17, 15) is 26.4 Å². The Bertz CT molecular complexity index is 1050. The number of aromatic nitrogens is 2. The number of hydrogen-bond acceptors (Lipinski definition) is 5. The van der Waals surface area contributed by atoms with E-state index in [0.29, 0.717) is 29.2 Å². The summed E-state index contributed by atoms with van der Waals surface area (Å²) in [6.45, 7) is 1.97. The fraction of sp³-hybridized carbons (Fsp3) is 0.353. The number of halogens is 3. The minimum absolute atomic E-state index is 0.0153. The van der Waals surface area contributed by atoms with Crippen LogP contribution in [0.15, 0.2) is 35.4 Å². The maximum Gasteiger partial charge on any atom is 0.433 e. The van der Waals surface area contributed by atoms with E-state index in [1.807, 2.05) is 0 Å². The van der Waals surface area contributed by atoms with Crippen molar-refractivity contribution >= 4 is 15.9 Å². The Morgan fingerprint density at radius 3 is 2.54 bits per heavy atom. The number of sulfonamides is 1. The van der Waals surface area contributed by atoms with Gasteiger partial charge in [-0.05, 0) is 31.2 Å². The summed E-state index contributed by atoms with van der Waals surface area (Å²) in [4.78, 5) is 21.4. The van der Waals surface area contributed by atoms with Crippen molar-refractivity contribution in [3.05, 3.63) is 53.1 Å². The number of fused-ring (bicyclic) bond motifs is 3. The molecule has 2 aliphatic heterocycles. The molecule has 0 radical (unpaired) electrons. The van der Waals surface area contributed by atoms with Gasteiger partial charge in [-0.1, -0.05) is 0 Å². The molecule has 28 heavy (non-hydrogen) atoms. The van der Waals surface area contributed by atoms with Crippen LogP contribution in [0, 0.1) is 6.92 Å². The lowest BCUT2D eigenvalue weighted by Gasteiger charge is -2.36. The molecule has 1 unspecified atom stereocenters. The van der Waals surface area contributed by atoms with Gasteiger partial charge in [0, 0.05) is 31.5 Å². The highest BCUT2D eigenvalue weighted by Gasteiger charge is 2.44. The van der Waals surface area contributed by atoms with Gasteiger partial charge in [-0.25, -0.2) is 8.42 Å². The molecule has 1 amide bonds. The van der Waals surface area contributed by atoms with Gasteiger partial charge in [-0.2, -0.15) is 17.5 Å². The van der Waals surface area contributed by atoms with Gasteiger partial charge in [0.25, 0.3) is 5.91 Å². The van der Waals surface area contributed by atoms with Gasteiger partial charge in [0.1, 0.15) is 10.6 Å². The standard InChI is InChI=1S/C17H15F3N4O3S/c1-10-2-4-12-15(22-10)13-9-23(6-7-24(13)16(12)25)28(26,27)11-3-5-14(21-8-11)17(18,19)20/h2-5,8,13H,6-7,9H2,1H3. The molecule has 4 heterocycles. The van der Waals surface area contributed by atoms with Crippen molar-refractivity contribution in [3.8, 4) is 0 Å². The monoisotopic (exact) mass is 412 g/mol. The van der Waals surface area contributed by atoms with Crippen molar-refractivity contribution in [2.45, 2.75) is 24.0 Å². The van der Waals surface area contributed by atoms with E-state index in [-0.39, 0.29) is 30.4 Å². The normalized spacial score (nSPS) is 20.2. The lowest BCUT2D eigenvalue weighted by atomic mass is 10.1. The Morgan fingerprint density at radius 1 is 1.14 bits per heavy atom. The molecule has 0 aliphatic carbocycles. The second-order valence-corrected chi connectivity index (χ2v) is 8.58. The van der Waals surface area contributed by atoms with Crippen LogP contribution in [0.2, 0.25) is 0 Å². The molecule has 0 bridgehead atoms. The van der Waals surface area contributed by atoms with Gasteiger partial charge in [-0.15, -0.1) is 0 Å². The predicted octanol–water partition coefficient (Wildman–Crippen LogP) is 2.01. The number of nitrogens with zero attached hydrogens (tertiary/aromatic N) is 4. The SMILES string of the molecule is Cc1ccc2c(n1)C1CN(S(=O)(=O)c3ccc(C(F)(F)F)nc3)CCN1C2=O. The van der Waals surface area contributed by atoms with E-state index in [0.717, 1.165) is 10.4 Å². The zero-order valence-corrected chi connectivity index (χ0v) is 15.5. The maximum absolute atomic E-state index is 12.9. The highest BCUT2D eigenvalue weighted by Crippen LogP contribution is 2.36. The molecular weight excluding hydrogens is 397 g/mol. The van der Waals surface area contributed by atoms with Gasteiger partial charge in [0.2, 0.25) is 10.0 Å². The number of pyridine rings is 2. The Morgan fingerprint density at radius 2 is 1.89 bits per heavy atom. The van der Waals surface area contributed by atoms with Crippen molar-refractivity contribution < 1.29 is 26.4 Å². The van der Waals surface area contributed by atoms with Gasteiger partial charge in [-0.3, -0.25) is 14.8 Å². The van der Waals surface area contributed by atoms with Gasteiger partial charge in [0.15, 0.2) is 0 Å². The second kappa shape index (κ2) is 6.24. The first-order valence-corrected chi connectivity index (χ1v) is 9.85. The predicted molar refractivity (Wildman–Crippen MR) is 90.7 cm³/mol. The first-order chi connectivity index (χ1) is 13.1. The molecule has 2 aromatic rings. The van der Waals surface area contributed by atoms with Crippen molar-refractivity contribution in [1.82, 2.24) is 19.2 Å². The van der Waals surface area contributed by atoms with Crippen LogP contribution in [-0.4, -0.2) is 53.1 Å². The molecule has 1 saturated heterocycles. The summed E-state index contributed by atoms with van der Waals surface area (Å²) < 4.78 is 64.9. The summed E-state index contributed by atoms with van der Waals surface area (Å²) >= 11 is 0. The zero-order valence-electron chi connectivity index (χ0n) is 14.6. The number of piperazine rings is 1. The van der Waals surface area contributed by atoms with Crippen LogP contribution in [0.5, 0.6) is 0 Å². The molecule has 0 aromatic carbocycles. The summed E-state index contributed by atoms with van der Waals surface area (Å²) in [5, 5.41) is 0. The largest absolute Gasteiger partial charge is 0.433 e. The first-order valence-electron chi connectivity index (χ1n) is 8.41. The van der Waals surface area contributed by atoms with E-state index in [1.165, 1.54) is 0 Å². The van der Waals surface area contributed by atoms with Crippen LogP contribution < -0.4 is 0 Å². The average molecular weight is 412 g/mol. The van der Waals surface area contributed by atoms with E-state index in [2.05, 4.69) is 9.97 Å². The van der Waals surface area contributed by atoms with Crippen molar-refractivity contribution in [1.29, 1.82) is 0 Å². The van der Waals surface area contributed by atoms with E-state index in [4.69, 9.17) is 0 Å². The summed E-state index contributed by atoms with van der Waals surface area (Å²) in [6, 6.07) is 4.42. The fourth-order valence-electron chi connectivity index (χ4n) is 3.47. The molecule has 0 saturated carbocycles. The van der Waals surface area contributed by atoms with Crippen LogP contribution in [0.4, 0.5) is 13.2 Å². The third-order valence-corrected chi connectivity index (χ3v) is 6.73. The van der Waals surface area contributed by atoms with E-state index >= 15 is 0 Å². The Balaban J connectivity index is 1.63. The number of amides is 1. The smallest absolute Gasteiger partial charge is 0.327 e. The van der Waals surface area contributed by atoms with Crippen LogP contribution in [0.3, 0.4) is 0 Å². The van der Waals surface area contributed by atoms with Crippen LogP contribution >= 0.6 is 0 Å². The first kappa shape index (κ1) is 18.8.